The van der Waals surface area contributed by atoms with Crippen LogP contribution in [0.2, 0.25) is 0 Å². The van der Waals surface area contributed by atoms with E-state index in [9.17, 15) is 18.0 Å². The number of aromatic nitrogens is 4. The number of nitrogens with zero attached hydrogens (tertiary/aromatic N) is 5. The molecule has 0 radical (unpaired) electrons. The van der Waals surface area contributed by atoms with Gasteiger partial charge in [-0.3, -0.25) is 4.79 Å². The minimum absolute atomic E-state index is 0.134. The molecule has 0 fully saturated rings. The average Bonchev–Trinajstić information content (AvgIpc) is 2.90. The first-order valence-corrected chi connectivity index (χ1v) is 6.90. The van der Waals surface area contributed by atoms with Crippen LogP contribution in [0.25, 0.3) is 11.0 Å². The monoisotopic (exact) mass is 331 g/mol. The average molecular weight is 331 g/mol. The van der Waals surface area contributed by atoms with E-state index in [2.05, 4.69) is 19.8 Å². The molecule has 23 heavy (non-hydrogen) atoms. The minimum Gasteiger partial charge on any atom is -0.468 e. The van der Waals surface area contributed by atoms with Crippen LogP contribution in [0.15, 0.2) is 12.5 Å². The molecule has 0 saturated carbocycles. The molecule has 0 aliphatic heterocycles. The van der Waals surface area contributed by atoms with Gasteiger partial charge in [0.25, 0.3) is 0 Å². The maximum absolute atomic E-state index is 12.4. The Kier molecular flexibility index (Phi) is 5.02. The van der Waals surface area contributed by atoms with Crippen molar-refractivity contribution in [2.24, 2.45) is 0 Å². The first-order chi connectivity index (χ1) is 10.9. The fourth-order valence-electron chi connectivity index (χ4n) is 2.11. The summed E-state index contributed by atoms with van der Waals surface area (Å²) in [5.74, 6) is -0.141. The molecule has 0 spiro atoms. The highest BCUT2D eigenvalue weighted by molar-refractivity contribution is 5.87. The van der Waals surface area contributed by atoms with E-state index >= 15 is 0 Å². The van der Waals surface area contributed by atoms with Gasteiger partial charge in [-0.1, -0.05) is 0 Å². The van der Waals surface area contributed by atoms with Crippen molar-refractivity contribution >= 4 is 22.8 Å². The number of carbonyl (C=O) groups excluding carboxylic acids is 1. The molecule has 0 saturated heterocycles. The number of hydrogen-bond donors (Lipinski definition) is 0. The van der Waals surface area contributed by atoms with Crippen molar-refractivity contribution in [1.82, 2.24) is 19.7 Å². The van der Waals surface area contributed by atoms with E-state index in [1.54, 1.807) is 6.92 Å². The Morgan fingerprint density at radius 1 is 1.39 bits per heavy atom. The molecule has 0 aliphatic rings. The summed E-state index contributed by atoms with van der Waals surface area (Å²) < 4.78 is 43.2. The minimum atomic E-state index is -4.24. The van der Waals surface area contributed by atoms with Crippen molar-refractivity contribution in [2.45, 2.75) is 26.1 Å². The topological polar surface area (TPSA) is 73.1 Å². The van der Waals surface area contributed by atoms with Gasteiger partial charge in [-0.2, -0.15) is 18.3 Å². The summed E-state index contributed by atoms with van der Waals surface area (Å²) in [5, 5.41) is 4.52. The molecule has 2 aromatic heterocycles. The second-order valence-corrected chi connectivity index (χ2v) is 4.76. The fourth-order valence-corrected chi connectivity index (χ4v) is 2.11. The van der Waals surface area contributed by atoms with Crippen molar-refractivity contribution in [3.63, 3.8) is 0 Å². The first kappa shape index (κ1) is 17.0. The molecule has 2 rings (SSSR count). The van der Waals surface area contributed by atoms with Crippen molar-refractivity contribution in [3.8, 4) is 0 Å². The largest absolute Gasteiger partial charge is 0.468 e. The van der Waals surface area contributed by atoms with Gasteiger partial charge in [0.15, 0.2) is 5.65 Å². The van der Waals surface area contributed by atoms with Crippen molar-refractivity contribution in [1.29, 1.82) is 0 Å². The molecule has 0 aromatic carbocycles. The molecule has 2 heterocycles. The molecule has 0 atom stereocenters. The van der Waals surface area contributed by atoms with Crippen LogP contribution < -0.4 is 4.90 Å². The van der Waals surface area contributed by atoms with Gasteiger partial charge in [0, 0.05) is 13.1 Å². The molecule has 126 valence electrons. The summed E-state index contributed by atoms with van der Waals surface area (Å²) in [6.07, 6.45) is -2.51. The second-order valence-electron chi connectivity index (χ2n) is 4.76. The van der Waals surface area contributed by atoms with E-state index in [1.165, 1.54) is 29.2 Å². The zero-order valence-electron chi connectivity index (χ0n) is 12.7. The summed E-state index contributed by atoms with van der Waals surface area (Å²) in [5.41, 5.74) is 0.367. The van der Waals surface area contributed by atoms with Crippen LogP contribution in [0.1, 0.15) is 13.3 Å². The zero-order valence-corrected chi connectivity index (χ0v) is 12.7. The number of alkyl halides is 3. The Labute approximate surface area is 130 Å². The number of ether oxygens (including phenoxy) is 1. The highest BCUT2D eigenvalue weighted by Gasteiger charge is 2.28. The van der Waals surface area contributed by atoms with Crippen molar-refractivity contribution < 1.29 is 22.7 Å². The Hall–Kier alpha value is -2.39. The summed E-state index contributed by atoms with van der Waals surface area (Å²) in [6.45, 7) is 1.74. The lowest BCUT2D eigenvalue weighted by atomic mass is 10.3. The van der Waals surface area contributed by atoms with E-state index in [4.69, 9.17) is 0 Å². The second kappa shape index (κ2) is 6.80. The first-order valence-electron chi connectivity index (χ1n) is 6.90. The molecule has 7 nitrogen and oxygen atoms in total. The lowest BCUT2D eigenvalue weighted by Crippen LogP contribution is -2.28. The zero-order chi connectivity index (χ0) is 17.0. The molecular formula is C13H16F3N5O2. The molecule has 0 bridgehead atoms. The van der Waals surface area contributed by atoms with E-state index in [-0.39, 0.29) is 13.1 Å². The summed E-state index contributed by atoms with van der Waals surface area (Å²) >= 11 is 0. The Morgan fingerprint density at radius 3 is 2.74 bits per heavy atom. The normalized spacial score (nSPS) is 11.7. The lowest BCUT2D eigenvalue weighted by Gasteiger charge is -2.22. The molecule has 0 unspecified atom stereocenters. The highest BCUT2D eigenvalue weighted by atomic mass is 19.4. The highest BCUT2D eigenvalue weighted by Crippen LogP contribution is 2.25. The van der Waals surface area contributed by atoms with Crippen LogP contribution >= 0.6 is 0 Å². The van der Waals surface area contributed by atoms with Gasteiger partial charge >= 0.3 is 12.1 Å². The van der Waals surface area contributed by atoms with Crippen LogP contribution in [-0.2, 0) is 16.1 Å². The molecule has 2 aromatic rings. The van der Waals surface area contributed by atoms with E-state index < -0.39 is 18.6 Å². The number of rotatable bonds is 6. The predicted molar refractivity (Wildman–Crippen MR) is 75.9 cm³/mol. The van der Waals surface area contributed by atoms with Crippen LogP contribution in [-0.4, -0.2) is 52.1 Å². The maximum atomic E-state index is 12.4. The molecular weight excluding hydrogens is 315 g/mol. The lowest BCUT2D eigenvalue weighted by molar-refractivity contribution is -0.141. The van der Waals surface area contributed by atoms with Crippen molar-refractivity contribution in [2.75, 3.05) is 25.1 Å². The third-order valence-corrected chi connectivity index (χ3v) is 3.27. The summed E-state index contributed by atoms with van der Waals surface area (Å²) in [4.78, 5) is 21.0. The fraction of sp³-hybridized carbons (Fsp3) is 0.538. The van der Waals surface area contributed by atoms with Gasteiger partial charge in [0.1, 0.15) is 18.7 Å². The third-order valence-electron chi connectivity index (χ3n) is 3.27. The number of methoxy groups -OCH3 is 1. The summed E-state index contributed by atoms with van der Waals surface area (Å²) in [7, 11) is 1.25. The SMILES string of the molecule is CCN(CCC(F)(F)F)c1ncnc2c1cnn2CC(=O)OC. The van der Waals surface area contributed by atoms with Gasteiger partial charge < -0.3 is 9.64 Å². The van der Waals surface area contributed by atoms with Gasteiger partial charge in [0.2, 0.25) is 0 Å². The Balaban J connectivity index is 2.31. The number of hydrogen-bond acceptors (Lipinski definition) is 6. The van der Waals surface area contributed by atoms with Gasteiger partial charge in [-0.15, -0.1) is 0 Å². The quantitative estimate of drug-likeness (QED) is 0.751. The van der Waals surface area contributed by atoms with Crippen LogP contribution in [0.3, 0.4) is 0 Å². The molecule has 0 aliphatic carbocycles. The number of carbonyl (C=O) groups is 1. The van der Waals surface area contributed by atoms with Gasteiger partial charge in [-0.05, 0) is 6.92 Å². The van der Waals surface area contributed by atoms with Crippen molar-refractivity contribution in [3.05, 3.63) is 12.5 Å². The smallest absolute Gasteiger partial charge is 0.390 e. The summed E-state index contributed by atoms with van der Waals surface area (Å²) in [6, 6.07) is 0. The predicted octanol–water partition coefficient (Wildman–Crippen LogP) is 1.78. The molecule has 0 N–H and O–H groups in total. The number of anilines is 1. The Bertz CT molecular complexity index is 686. The standard InChI is InChI=1S/C13H16F3N5O2/c1-3-20(5-4-13(14,15)16)11-9-6-19-21(7-10(22)23-2)12(9)18-8-17-11/h6,8H,3-5,7H2,1-2H3. The van der Waals surface area contributed by atoms with E-state index in [0.717, 1.165) is 0 Å². The number of esters is 1. The van der Waals surface area contributed by atoms with Crippen LogP contribution in [0, 0.1) is 0 Å². The molecule has 10 heteroatoms. The van der Waals surface area contributed by atoms with Gasteiger partial charge in [-0.25, -0.2) is 14.6 Å². The number of fused-ring (bicyclic) bond motifs is 1. The van der Waals surface area contributed by atoms with Crippen LogP contribution in [0.4, 0.5) is 19.0 Å². The van der Waals surface area contributed by atoms with E-state index in [1.807, 2.05) is 0 Å². The third kappa shape index (κ3) is 4.08. The number of halogens is 3. The van der Waals surface area contributed by atoms with Crippen LogP contribution in [0.5, 0.6) is 0 Å². The Morgan fingerprint density at radius 2 is 2.13 bits per heavy atom. The maximum Gasteiger partial charge on any atom is 0.390 e. The van der Waals surface area contributed by atoms with Gasteiger partial charge in [0.05, 0.1) is 25.1 Å². The molecule has 0 amide bonds. The van der Waals surface area contributed by atoms with E-state index in [0.29, 0.717) is 23.4 Å².